The number of primary amides is 1. The average Bonchev–Trinajstić information content (AvgIpc) is 3.87. The summed E-state index contributed by atoms with van der Waals surface area (Å²) in [6.45, 7) is 15.9. The summed E-state index contributed by atoms with van der Waals surface area (Å²) < 4.78 is 42.2. The van der Waals surface area contributed by atoms with E-state index in [1.165, 1.54) is 0 Å². The van der Waals surface area contributed by atoms with E-state index in [2.05, 4.69) is 9.97 Å². The number of halogens is 1. The first kappa shape index (κ1) is 46.3. The molecule has 8 rings (SSSR count). The van der Waals surface area contributed by atoms with Crippen molar-refractivity contribution in [2.45, 2.75) is 79.8 Å². The highest BCUT2D eigenvalue weighted by molar-refractivity contribution is 5.98. The van der Waals surface area contributed by atoms with Gasteiger partial charge in [0.15, 0.2) is 11.4 Å². The fraction of sp³-hybridized carbons (Fsp3) is 0.245. The zero-order valence-corrected chi connectivity index (χ0v) is 38.4. The van der Waals surface area contributed by atoms with Crippen molar-refractivity contribution >= 4 is 23.2 Å². The molecule has 0 aliphatic carbocycles. The summed E-state index contributed by atoms with van der Waals surface area (Å²) in [7, 11) is -1.00. The lowest BCUT2D eigenvalue weighted by molar-refractivity contribution is 0.0691. The number of amides is 1. The highest BCUT2D eigenvalue weighted by Gasteiger charge is 2.21. The molecule has 0 fully saturated rings. The van der Waals surface area contributed by atoms with E-state index in [1.54, 1.807) is 0 Å². The molecule has 0 spiro atoms. The van der Waals surface area contributed by atoms with Crippen LogP contribution in [0.1, 0.15) is 77.7 Å². The molecule has 8 aromatic rings. The van der Waals surface area contributed by atoms with Crippen LogP contribution in [-0.2, 0) is 0 Å². The first-order valence-corrected chi connectivity index (χ1v) is 21.6. The molecule has 0 aliphatic heterocycles. The molecule has 4 heterocycles. The molecular weight excluding hydrogens is 838 g/mol. The van der Waals surface area contributed by atoms with E-state index in [9.17, 15) is 19.1 Å². The number of rotatable bonds is 14. The number of imidazole rings is 2. The van der Waals surface area contributed by atoms with E-state index < -0.39 is 19.0 Å². The van der Waals surface area contributed by atoms with Crippen LogP contribution in [0.2, 0.25) is 0 Å². The molecule has 0 saturated heterocycles. The number of hydrogen-bond donors (Lipinski definition) is 2. The fourth-order valence-corrected chi connectivity index (χ4v) is 7.23. The van der Waals surface area contributed by atoms with Crippen molar-refractivity contribution in [2.24, 2.45) is 5.73 Å². The Balaban J connectivity index is 0.000000209. The minimum absolute atomic E-state index is 0.0142. The molecule has 0 radical (unpaired) electrons. The SMILES string of the molecule is CC(C)Oc1ccc(-c2ccc3nc(C(=O)O)c(-c4ccc(OC(C)C)cc4)n3c2)cc1.CC(C)Oc1ccc(-c2ccc3nc(C(N)=O)c(-c4ccc(OC(C)C)cc4)n3c2)cc1.[2H]CF. The van der Waals surface area contributed by atoms with Crippen LogP contribution in [0.3, 0.4) is 0 Å². The summed E-state index contributed by atoms with van der Waals surface area (Å²) in [5.74, 6) is 1.50. The van der Waals surface area contributed by atoms with Gasteiger partial charge in [-0.2, -0.15) is 0 Å². The van der Waals surface area contributed by atoms with Crippen molar-refractivity contribution in [2.75, 3.05) is 7.15 Å². The number of aromatic carboxylic acids is 1. The van der Waals surface area contributed by atoms with Crippen LogP contribution in [-0.4, -0.2) is 67.3 Å². The van der Waals surface area contributed by atoms with E-state index in [4.69, 9.17) is 26.1 Å². The van der Waals surface area contributed by atoms with Gasteiger partial charge in [-0.15, -0.1) is 0 Å². The molecule has 13 heteroatoms. The van der Waals surface area contributed by atoms with Gasteiger partial charge in [-0.3, -0.25) is 18.0 Å². The maximum absolute atomic E-state index is 12.2. The van der Waals surface area contributed by atoms with Gasteiger partial charge in [-0.1, -0.05) is 24.3 Å². The van der Waals surface area contributed by atoms with E-state index in [-0.39, 0.29) is 35.8 Å². The zero-order chi connectivity index (χ0) is 48.4. The predicted octanol–water partition coefficient (Wildman–Crippen LogP) is 11.9. The van der Waals surface area contributed by atoms with Crippen LogP contribution in [0.25, 0.3) is 56.1 Å². The number of carbonyl (C=O) groups excluding carboxylic acids is 1. The van der Waals surface area contributed by atoms with Gasteiger partial charge in [0.2, 0.25) is 0 Å². The fourth-order valence-electron chi connectivity index (χ4n) is 7.23. The minimum Gasteiger partial charge on any atom is -0.491 e. The Morgan fingerprint density at radius 1 is 0.500 bits per heavy atom. The highest BCUT2D eigenvalue weighted by Crippen LogP contribution is 2.33. The molecule has 0 saturated carbocycles. The molecule has 4 aromatic heterocycles. The summed E-state index contributed by atoms with van der Waals surface area (Å²) in [5, 5.41) is 9.78. The summed E-state index contributed by atoms with van der Waals surface area (Å²) in [6.07, 6.45) is 4.26. The third-order valence-corrected chi connectivity index (χ3v) is 9.79. The molecule has 4 aromatic carbocycles. The first-order chi connectivity index (χ1) is 32.0. The van der Waals surface area contributed by atoms with Crippen molar-refractivity contribution in [1.82, 2.24) is 18.8 Å². The molecule has 12 nitrogen and oxygen atoms in total. The van der Waals surface area contributed by atoms with Crippen LogP contribution in [0.15, 0.2) is 134 Å². The number of hydrogen-bond acceptors (Lipinski definition) is 8. The predicted molar refractivity (Wildman–Crippen MR) is 258 cm³/mol. The quantitative estimate of drug-likeness (QED) is 0.109. The third-order valence-electron chi connectivity index (χ3n) is 9.79. The number of fused-ring (bicyclic) bond motifs is 2. The second kappa shape index (κ2) is 21.3. The summed E-state index contributed by atoms with van der Waals surface area (Å²) in [4.78, 5) is 32.9. The van der Waals surface area contributed by atoms with Gasteiger partial charge in [-0.25, -0.2) is 14.8 Å². The second-order valence-electron chi connectivity index (χ2n) is 16.3. The number of aromatic nitrogens is 4. The summed E-state index contributed by atoms with van der Waals surface area (Å²) >= 11 is 0. The van der Waals surface area contributed by atoms with Crippen molar-refractivity contribution in [3.63, 3.8) is 0 Å². The maximum atomic E-state index is 12.2. The number of carboxylic acid groups (broad SMARTS) is 1. The Morgan fingerprint density at radius 3 is 1.06 bits per heavy atom. The molecule has 0 bridgehead atoms. The van der Waals surface area contributed by atoms with Gasteiger partial charge in [-0.05, 0) is 175 Å². The Morgan fingerprint density at radius 2 is 0.773 bits per heavy atom. The van der Waals surface area contributed by atoms with E-state index in [0.29, 0.717) is 22.7 Å². The van der Waals surface area contributed by atoms with Crippen molar-refractivity contribution in [3.05, 3.63) is 145 Å². The number of nitrogens with two attached hydrogens (primary N) is 1. The Hall–Kier alpha value is -7.67. The number of alkyl halides is 1. The number of ether oxygens (including phenoxy) is 4. The summed E-state index contributed by atoms with van der Waals surface area (Å²) in [5.41, 5.74) is 13.9. The van der Waals surface area contributed by atoms with E-state index in [0.717, 1.165) is 56.4 Å². The Labute approximate surface area is 385 Å². The Kier molecular flexibility index (Phi) is 15.0. The van der Waals surface area contributed by atoms with E-state index >= 15 is 0 Å². The number of carboxylic acids is 1. The standard InChI is InChI=1S/C26H27N3O3.C26H26N2O4.CH3F/c1-16(2)31-21-10-5-18(6-11-21)20-9-14-23-28-24(26(27)30)25(29(23)15-20)19-7-12-22(13-8-19)32-17(3)4;1-16(2)31-21-10-5-18(6-11-21)20-9-14-23-27-24(26(29)30)25(28(23)15-20)19-7-12-22(13-8-19)32-17(3)4;1-2/h5-17H,1-4H3,(H2,27,30);5-17H,1-4H3,(H,29,30);1H3/i;;1D. The normalized spacial score (nSPS) is 11.3. The lowest BCUT2D eigenvalue weighted by atomic mass is 10.1. The van der Waals surface area contributed by atoms with Crippen LogP contribution >= 0.6 is 0 Å². The third kappa shape index (κ3) is 11.5. The van der Waals surface area contributed by atoms with Gasteiger partial charge in [0, 0.05) is 23.5 Å². The molecule has 1 amide bonds. The smallest absolute Gasteiger partial charge is 0.356 e. The Bertz CT molecular complexity index is 2710. The average molecular weight is 895 g/mol. The topological polar surface area (TPSA) is 152 Å². The number of benzene rings is 4. The monoisotopic (exact) mass is 894 g/mol. The molecule has 3 N–H and O–H groups in total. The first-order valence-electron chi connectivity index (χ1n) is 22.3. The lowest BCUT2D eigenvalue weighted by Crippen LogP contribution is -2.13. The van der Waals surface area contributed by atoms with Crippen molar-refractivity contribution in [1.29, 1.82) is 0 Å². The maximum Gasteiger partial charge on any atom is 0.356 e. The molecule has 66 heavy (non-hydrogen) atoms. The van der Waals surface area contributed by atoms with Crippen LogP contribution in [0.4, 0.5) is 4.39 Å². The largest absolute Gasteiger partial charge is 0.491 e. The van der Waals surface area contributed by atoms with Gasteiger partial charge in [0.1, 0.15) is 34.3 Å². The molecular formula is C53H56FN5O7. The zero-order valence-electron chi connectivity index (χ0n) is 39.4. The molecule has 342 valence electrons. The van der Waals surface area contributed by atoms with Gasteiger partial charge in [0.25, 0.3) is 5.91 Å². The highest BCUT2D eigenvalue weighted by atomic mass is 19.1. The second-order valence-corrected chi connectivity index (χ2v) is 16.3. The van der Waals surface area contributed by atoms with Crippen LogP contribution in [0, 0.1) is 0 Å². The van der Waals surface area contributed by atoms with Gasteiger partial charge >= 0.3 is 5.97 Å². The van der Waals surface area contributed by atoms with E-state index in [1.807, 2.05) is 198 Å². The van der Waals surface area contributed by atoms with Crippen LogP contribution in [0.5, 0.6) is 23.0 Å². The molecule has 0 atom stereocenters. The van der Waals surface area contributed by atoms with Crippen LogP contribution < -0.4 is 24.7 Å². The minimum atomic E-state index is -1.07. The molecule has 0 aliphatic rings. The van der Waals surface area contributed by atoms with Gasteiger partial charge < -0.3 is 29.8 Å². The van der Waals surface area contributed by atoms with Crippen molar-refractivity contribution < 1.29 is 39.4 Å². The van der Waals surface area contributed by atoms with Gasteiger partial charge in [0.05, 0.1) is 44.3 Å². The number of pyridine rings is 2. The summed E-state index contributed by atoms with van der Waals surface area (Å²) in [6, 6.07) is 38.4. The number of nitrogens with zero attached hydrogens (tertiary/aromatic N) is 4. The van der Waals surface area contributed by atoms with Crippen molar-refractivity contribution in [3.8, 4) is 67.8 Å². The number of carbonyl (C=O) groups is 2. The molecule has 0 unspecified atom stereocenters. The lowest BCUT2D eigenvalue weighted by Gasteiger charge is -2.11.